The molecule has 1 atom stereocenters. The van der Waals surface area contributed by atoms with Crippen LogP contribution in [0.15, 0.2) is 85.2 Å². The lowest BCUT2D eigenvalue weighted by molar-refractivity contribution is 0.484. The molecule has 0 fully saturated rings. The SMILES string of the molecule is CC1(CNc2nc(-c3ccc4ncccc4c3)c(-c3ccccc3)nc2N)CCc2cccnc21. The Labute approximate surface area is 204 Å². The molecule has 1 unspecified atom stereocenters. The summed E-state index contributed by atoms with van der Waals surface area (Å²) in [5.41, 5.74) is 13.3. The van der Waals surface area contributed by atoms with Crippen molar-refractivity contribution >= 4 is 22.5 Å². The molecule has 1 aliphatic carbocycles. The zero-order chi connectivity index (χ0) is 23.8. The minimum atomic E-state index is -0.0857. The molecule has 1 aliphatic rings. The molecular formula is C29H26N6. The van der Waals surface area contributed by atoms with Crippen molar-refractivity contribution in [3.05, 3.63) is 96.4 Å². The molecule has 6 rings (SSSR count). The molecule has 172 valence electrons. The van der Waals surface area contributed by atoms with E-state index in [9.17, 15) is 0 Å². The van der Waals surface area contributed by atoms with Gasteiger partial charge in [-0.25, -0.2) is 9.97 Å². The summed E-state index contributed by atoms with van der Waals surface area (Å²) in [6.45, 7) is 2.93. The molecule has 0 bridgehead atoms. The average molecular weight is 459 g/mol. The Hall–Kier alpha value is -4.32. The second-order valence-corrected chi connectivity index (χ2v) is 9.36. The molecule has 0 spiro atoms. The highest BCUT2D eigenvalue weighted by molar-refractivity contribution is 5.88. The van der Waals surface area contributed by atoms with E-state index in [-0.39, 0.29) is 5.41 Å². The summed E-state index contributed by atoms with van der Waals surface area (Å²) >= 11 is 0. The molecule has 6 heteroatoms. The van der Waals surface area contributed by atoms with Crippen molar-refractivity contribution in [2.75, 3.05) is 17.6 Å². The largest absolute Gasteiger partial charge is 0.381 e. The second kappa shape index (κ2) is 8.47. The Kier molecular flexibility index (Phi) is 5.14. The van der Waals surface area contributed by atoms with Gasteiger partial charge in [-0.15, -0.1) is 0 Å². The number of nitrogens with one attached hydrogen (secondary N) is 1. The van der Waals surface area contributed by atoms with Crippen molar-refractivity contribution in [3.63, 3.8) is 0 Å². The third-order valence-corrected chi connectivity index (χ3v) is 6.90. The number of hydrogen-bond acceptors (Lipinski definition) is 6. The number of nitrogens with zero attached hydrogens (tertiary/aromatic N) is 4. The van der Waals surface area contributed by atoms with Crippen LogP contribution in [0.4, 0.5) is 11.6 Å². The number of nitrogen functional groups attached to an aromatic ring is 1. The van der Waals surface area contributed by atoms with E-state index in [0.29, 0.717) is 18.2 Å². The Morgan fingerprint density at radius 2 is 1.66 bits per heavy atom. The summed E-state index contributed by atoms with van der Waals surface area (Å²) in [5.74, 6) is 0.981. The highest BCUT2D eigenvalue weighted by Gasteiger charge is 2.35. The van der Waals surface area contributed by atoms with E-state index in [0.717, 1.165) is 52.0 Å². The lowest BCUT2D eigenvalue weighted by Crippen LogP contribution is -2.30. The van der Waals surface area contributed by atoms with Crippen molar-refractivity contribution < 1.29 is 0 Å². The molecule has 3 N–H and O–H groups in total. The summed E-state index contributed by atoms with van der Waals surface area (Å²) in [6, 6.07) is 24.4. The maximum absolute atomic E-state index is 6.46. The number of aryl methyl sites for hydroxylation is 1. The van der Waals surface area contributed by atoms with Crippen LogP contribution in [-0.4, -0.2) is 26.5 Å². The van der Waals surface area contributed by atoms with Gasteiger partial charge in [-0.05, 0) is 42.7 Å². The number of anilines is 2. The van der Waals surface area contributed by atoms with Crippen molar-refractivity contribution in [3.8, 4) is 22.5 Å². The number of nitrogens with two attached hydrogens (primary N) is 1. The van der Waals surface area contributed by atoms with Gasteiger partial charge in [-0.2, -0.15) is 0 Å². The summed E-state index contributed by atoms with van der Waals surface area (Å²) < 4.78 is 0. The molecule has 6 nitrogen and oxygen atoms in total. The average Bonchev–Trinajstić information content (AvgIpc) is 3.25. The number of pyridine rings is 2. The van der Waals surface area contributed by atoms with Crippen molar-refractivity contribution in [1.29, 1.82) is 0 Å². The minimum Gasteiger partial charge on any atom is -0.381 e. The minimum absolute atomic E-state index is 0.0857. The van der Waals surface area contributed by atoms with Gasteiger partial charge in [0.15, 0.2) is 11.6 Å². The normalized spacial score (nSPS) is 16.8. The van der Waals surface area contributed by atoms with Crippen LogP contribution in [0.1, 0.15) is 24.6 Å². The molecule has 0 radical (unpaired) electrons. The molecule has 0 aliphatic heterocycles. The van der Waals surface area contributed by atoms with Crippen molar-refractivity contribution in [2.24, 2.45) is 0 Å². The smallest absolute Gasteiger partial charge is 0.169 e. The number of rotatable bonds is 5. The van der Waals surface area contributed by atoms with Crippen LogP contribution in [0, 0.1) is 0 Å². The summed E-state index contributed by atoms with van der Waals surface area (Å²) in [7, 11) is 0. The van der Waals surface area contributed by atoms with Crippen LogP contribution < -0.4 is 11.1 Å². The Morgan fingerprint density at radius 1 is 0.857 bits per heavy atom. The molecule has 2 aromatic carbocycles. The number of aromatic nitrogens is 4. The van der Waals surface area contributed by atoms with E-state index in [1.54, 1.807) is 6.20 Å². The third kappa shape index (κ3) is 3.87. The predicted molar refractivity (Wildman–Crippen MR) is 141 cm³/mol. The van der Waals surface area contributed by atoms with Crippen LogP contribution in [0.3, 0.4) is 0 Å². The van der Waals surface area contributed by atoms with Crippen LogP contribution in [-0.2, 0) is 11.8 Å². The Morgan fingerprint density at radius 3 is 2.54 bits per heavy atom. The van der Waals surface area contributed by atoms with Crippen molar-refractivity contribution in [2.45, 2.75) is 25.2 Å². The fourth-order valence-electron chi connectivity index (χ4n) is 4.96. The van der Waals surface area contributed by atoms with Crippen LogP contribution >= 0.6 is 0 Å². The summed E-state index contributed by atoms with van der Waals surface area (Å²) in [6.07, 6.45) is 5.75. The molecule has 3 aromatic heterocycles. The zero-order valence-electron chi connectivity index (χ0n) is 19.6. The van der Waals surface area contributed by atoms with E-state index in [2.05, 4.69) is 40.4 Å². The fourth-order valence-corrected chi connectivity index (χ4v) is 4.96. The van der Waals surface area contributed by atoms with Crippen LogP contribution in [0.5, 0.6) is 0 Å². The monoisotopic (exact) mass is 458 g/mol. The van der Waals surface area contributed by atoms with Gasteiger partial charge in [-0.1, -0.05) is 55.5 Å². The van der Waals surface area contributed by atoms with Gasteiger partial charge in [0.2, 0.25) is 0 Å². The Balaban J connectivity index is 1.42. The van der Waals surface area contributed by atoms with E-state index in [1.165, 1.54) is 5.56 Å². The van der Waals surface area contributed by atoms with E-state index in [4.69, 9.17) is 15.7 Å². The lowest BCUT2D eigenvalue weighted by atomic mass is 9.87. The summed E-state index contributed by atoms with van der Waals surface area (Å²) in [5, 5.41) is 4.57. The van der Waals surface area contributed by atoms with E-state index < -0.39 is 0 Å². The molecule has 35 heavy (non-hydrogen) atoms. The van der Waals surface area contributed by atoms with Gasteiger partial charge in [-0.3, -0.25) is 9.97 Å². The number of fused-ring (bicyclic) bond motifs is 2. The number of hydrogen-bond donors (Lipinski definition) is 2. The highest BCUT2D eigenvalue weighted by Crippen LogP contribution is 2.38. The standard InChI is InChI=1S/C29H26N6/c1-29(14-13-20-9-5-16-32-26(20)29)18-33-28-27(30)34-24(19-7-3-2-4-8-19)25(35-28)22-11-12-23-21(17-22)10-6-15-31-23/h2-12,15-17H,13-14,18H2,1H3,(H2,30,34)(H,33,35). The van der Waals surface area contributed by atoms with Crippen molar-refractivity contribution in [1.82, 2.24) is 19.9 Å². The highest BCUT2D eigenvalue weighted by atomic mass is 15.1. The lowest BCUT2D eigenvalue weighted by Gasteiger charge is -2.25. The molecule has 5 aromatic rings. The molecule has 0 saturated heterocycles. The quantitative estimate of drug-likeness (QED) is 0.354. The third-order valence-electron chi connectivity index (χ3n) is 6.90. The van der Waals surface area contributed by atoms with Gasteiger partial charge in [0, 0.05) is 40.9 Å². The number of benzene rings is 2. The van der Waals surface area contributed by atoms with E-state index >= 15 is 0 Å². The molecule has 0 saturated carbocycles. The van der Waals surface area contributed by atoms with Gasteiger partial charge >= 0.3 is 0 Å². The first kappa shape index (κ1) is 21.2. The van der Waals surface area contributed by atoms with Gasteiger partial charge in [0.25, 0.3) is 0 Å². The van der Waals surface area contributed by atoms with Gasteiger partial charge in [0.1, 0.15) is 0 Å². The molecular weight excluding hydrogens is 432 g/mol. The maximum Gasteiger partial charge on any atom is 0.169 e. The fraction of sp³-hybridized carbons (Fsp3) is 0.172. The first-order chi connectivity index (χ1) is 17.1. The zero-order valence-corrected chi connectivity index (χ0v) is 19.6. The van der Waals surface area contributed by atoms with E-state index in [1.807, 2.05) is 60.8 Å². The van der Waals surface area contributed by atoms with Crippen LogP contribution in [0.25, 0.3) is 33.4 Å². The topological polar surface area (TPSA) is 89.6 Å². The first-order valence-electron chi connectivity index (χ1n) is 11.9. The first-order valence-corrected chi connectivity index (χ1v) is 11.9. The van der Waals surface area contributed by atoms with Gasteiger partial charge < -0.3 is 11.1 Å². The second-order valence-electron chi connectivity index (χ2n) is 9.36. The maximum atomic E-state index is 6.46. The predicted octanol–water partition coefficient (Wildman–Crippen LogP) is 5.65. The Bertz CT molecular complexity index is 1530. The summed E-state index contributed by atoms with van der Waals surface area (Å²) in [4.78, 5) is 19.0. The molecule has 3 heterocycles. The van der Waals surface area contributed by atoms with Gasteiger partial charge in [0.05, 0.1) is 22.6 Å². The molecule has 0 amide bonds. The van der Waals surface area contributed by atoms with Crippen LogP contribution in [0.2, 0.25) is 0 Å².